The molecule has 0 spiro atoms. The van der Waals surface area contributed by atoms with Crippen molar-refractivity contribution in [3.05, 3.63) is 23.2 Å². The summed E-state index contributed by atoms with van der Waals surface area (Å²) in [6.45, 7) is 8.36. The van der Waals surface area contributed by atoms with Crippen molar-refractivity contribution >= 4 is 46.2 Å². The molecule has 1 aliphatic rings. The normalized spacial score (nSPS) is 15.5. The molecule has 0 bridgehead atoms. The van der Waals surface area contributed by atoms with Crippen molar-refractivity contribution in [3.8, 4) is 0 Å². The van der Waals surface area contributed by atoms with E-state index < -0.39 is 0 Å². The number of benzene rings is 1. The van der Waals surface area contributed by atoms with Gasteiger partial charge in [-0.2, -0.15) is 0 Å². The fourth-order valence-electron chi connectivity index (χ4n) is 2.80. The maximum absolute atomic E-state index is 11.7. The number of halogens is 1. The van der Waals surface area contributed by atoms with Crippen LogP contribution in [0.25, 0.3) is 0 Å². The maximum Gasteiger partial charge on any atom is 0.226 e. The molecule has 4 nitrogen and oxygen atoms in total. The van der Waals surface area contributed by atoms with Gasteiger partial charge in [0.05, 0.1) is 10.7 Å². The van der Waals surface area contributed by atoms with E-state index in [0.29, 0.717) is 22.5 Å². The first-order chi connectivity index (χ1) is 11.3. The van der Waals surface area contributed by atoms with E-state index in [9.17, 15) is 4.79 Å². The molecular weight excluding hydrogens is 342 g/mol. The lowest BCUT2D eigenvalue weighted by molar-refractivity contribution is -0.120. The van der Waals surface area contributed by atoms with Gasteiger partial charge >= 0.3 is 0 Å². The highest BCUT2D eigenvalue weighted by Crippen LogP contribution is 2.31. The molecule has 0 atom stereocenters. The highest BCUT2D eigenvalue weighted by molar-refractivity contribution is 7.80. The van der Waals surface area contributed by atoms with Crippen LogP contribution >= 0.6 is 23.8 Å². The van der Waals surface area contributed by atoms with Gasteiger partial charge in [0, 0.05) is 25.2 Å². The van der Waals surface area contributed by atoms with Crippen LogP contribution in [-0.4, -0.2) is 24.1 Å². The van der Waals surface area contributed by atoms with Gasteiger partial charge in [0.1, 0.15) is 0 Å². The molecule has 0 aliphatic carbocycles. The van der Waals surface area contributed by atoms with Crippen molar-refractivity contribution in [2.24, 2.45) is 11.8 Å². The molecule has 1 aromatic rings. The fraction of sp³-hybridized carbons (Fsp3) is 0.556. The SMILES string of the molecule is CC(C)CC(=O)NC(=S)Nc1ccc(N2CCC(C)CC2)c(Cl)c1. The number of rotatable bonds is 4. The molecule has 1 heterocycles. The van der Waals surface area contributed by atoms with E-state index in [4.69, 9.17) is 23.8 Å². The molecular formula is C18H26ClN3OS. The predicted octanol–water partition coefficient (Wildman–Crippen LogP) is 4.44. The maximum atomic E-state index is 11.7. The second kappa shape index (κ2) is 8.67. The van der Waals surface area contributed by atoms with Crippen molar-refractivity contribution in [3.63, 3.8) is 0 Å². The number of thiocarbonyl (C=S) groups is 1. The number of nitrogens with one attached hydrogen (secondary N) is 2. The molecule has 0 unspecified atom stereocenters. The Bertz CT molecular complexity index is 598. The molecule has 1 saturated heterocycles. The summed E-state index contributed by atoms with van der Waals surface area (Å²) in [6.07, 6.45) is 2.85. The number of hydrogen-bond acceptors (Lipinski definition) is 3. The third kappa shape index (κ3) is 5.64. The molecule has 2 rings (SSSR count). The highest BCUT2D eigenvalue weighted by Gasteiger charge is 2.18. The van der Waals surface area contributed by atoms with Gasteiger partial charge < -0.3 is 15.5 Å². The summed E-state index contributed by atoms with van der Waals surface area (Å²) >= 11 is 11.6. The molecule has 24 heavy (non-hydrogen) atoms. The Kier molecular flexibility index (Phi) is 6.87. The number of anilines is 2. The zero-order valence-electron chi connectivity index (χ0n) is 14.6. The third-order valence-corrected chi connectivity index (χ3v) is 4.68. The Morgan fingerprint density at radius 3 is 2.62 bits per heavy atom. The number of amides is 1. The van der Waals surface area contributed by atoms with Crippen LogP contribution in [0.3, 0.4) is 0 Å². The first-order valence-electron chi connectivity index (χ1n) is 8.50. The molecule has 0 saturated carbocycles. The molecule has 6 heteroatoms. The van der Waals surface area contributed by atoms with Gasteiger partial charge in [0.15, 0.2) is 5.11 Å². The number of hydrogen-bond donors (Lipinski definition) is 2. The van der Waals surface area contributed by atoms with Gasteiger partial charge in [0.2, 0.25) is 5.91 Å². The van der Waals surface area contributed by atoms with Crippen LogP contribution in [-0.2, 0) is 4.79 Å². The van der Waals surface area contributed by atoms with E-state index >= 15 is 0 Å². The van der Waals surface area contributed by atoms with E-state index in [2.05, 4.69) is 22.5 Å². The Balaban J connectivity index is 1.94. The van der Waals surface area contributed by atoms with Crippen LogP contribution in [0.15, 0.2) is 18.2 Å². The summed E-state index contributed by atoms with van der Waals surface area (Å²) in [7, 11) is 0. The molecule has 1 fully saturated rings. The first-order valence-corrected chi connectivity index (χ1v) is 9.29. The average molecular weight is 368 g/mol. The minimum absolute atomic E-state index is 0.0762. The van der Waals surface area contributed by atoms with Gasteiger partial charge in [-0.15, -0.1) is 0 Å². The molecule has 132 valence electrons. The molecule has 1 amide bonds. The Labute approximate surface area is 154 Å². The van der Waals surface area contributed by atoms with Crippen LogP contribution in [0.1, 0.15) is 40.0 Å². The topological polar surface area (TPSA) is 44.4 Å². The Morgan fingerprint density at radius 2 is 2.04 bits per heavy atom. The van der Waals surface area contributed by atoms with Crippen molar-refractivity contribution in [2.45, 2.75) is 40.0 Å². The second-order valence-electron chi connectivity index (χ2n) is 6.94. The third-order valence-electron chi connectivity index (χ3n) is 4.18. The standard InChI is InChI=1S/C18H26ClN3OS/c1-12(2)10-17(23)21-18(24)20-14-4-5-16(15(19)11-14)22-8-6-13(3)7-9-22/h4-5,11-13H,6-10H2,1-3H3,(H2,20,21,23,24). The zero-order valence-corrected chi connectivity index (χ0v) is 16.1. The zero-order chi connectivity index (χ0) is 17.7. The van der Waals surface area contributed by atoms with Crippen LogP contribution in [0.5, 0.6) is 0 Å². The summed E-state index contributed by atoms with van der Waals surface area (Å²) in [5.74, 6) is 1.01. The molecule has 0 aromatic heterocycles. The van der Waals surface area contributed by atoms with Gasteiger partial charge in [0.25, 0.3) is 0 Å². The smallest absolute Gasteiger partial charge is 0.226 e. The van der Waals surface area contributed by atoms with Crippen LogP contribution < -0.4 is 15.5 Å². The monoisotopic (exact) mass is 367 g/mol. The minimum Gasteiger partial charge on any atom is -0.370 e. The Hall–Kier alpha value is -1.33. The number of nitrogens with zero attached hydrogens (tertiary/aromatic N) is 1. The van der Waals surface area contributed by atoms with Crippen molar-refractivity contribution in [1.29, 1.82) is 0 Å². The molecule has 1 aromatic carbocycles. The summed E-state index contributed by atoms with van der Waals surface area (Å²) in [5, 5.41) is 6.71. The van der Waals surface area contributed by atoms with E-state index in [1.165, 1.54) is 12.8 Å². The summed E-state index contributed by atoms with van der Waals surface area (Å²) in [6, 6.07) is 5.81. The van der Waals surface area contributed by atoms with Crippen LogP contribution in [0.2, 0.25) is 5.02 Å². The second-order valence-corrected chi connectivity index (χ2v) is 7.75. The minimum atomic E-state index is -0.0762. The summed E-state index contributed by atoms with van der Waals surface area (Å²) < 4.78 is 0. The average Bonchev–Trinajstić information content (AvgIpc) is 2.47. The van der Waals surface area contributed by atoms with E-state index in [1.54, 1.807) is 0 Å². The molecule has 1 aliphatic heterocycles. The largest absolute Gasteiger partial charge is 0.370 e. The fourth-order valence-corrected chi connectivity index (χ4v) is 3.33. The molecule has 2 N–H and O–H groups in total. The van der Waals surface area contributed by atoms with Crippen molar-refractivity contribution in [2.75, 3.05) is 23.3 Å². The van der Waals surface area contributed by atoms with E-state index in [1.807, 2.05) is 32.0 Å². The summed E-state index contributed by atoms with van der Waals surface area (Å²) in [5.41, 5.74) is 1.84. The Morgan fingerprint density at radius 1 is 1.38 bits per heavy atom. The van der Waals surface area contributed by atoms with Crippen molar-refractivity contribution in [1.82, 2.24) is 5.32 Å². The highest BCUT2D eigenvalue weighted by atomic mass is 35.5. The summed E-state index contributed by atoms with van der Waals surface area (Å²) in [4.78, 5) is 14.1. The van der Waals surface area contributed by atoms with Gasteiger partial charge in [-0.1, -0.05) is 32.4 Å². The lowest BCUT2D eigenvalue weighted by Gasteiger charge is -2.32. The van der Waals surface area contributed by atoms with E-state index in [-0.39, 0.29) is 5.91 Å². The number of carbonyl (C=O) groups is 1. The number of piperidine rings is 1. The quantitative estimate of drug-likeness (QED) is 0.772. The predicted molar refractivity (Wildman–Crippen MR) is 106 cm³/mol. The van der Waals surface area contributed by atoms with Gasteiger partial charge in [-0.25, -0.2) is 0 Å². The van der Waals surface area contributed by atoms with Crippen molar-refractivity contribution < 1.29 is 4.79 Å². The van der Waals surface area contributed by atoms with Gasteiger partial charge in [-0.3, -0.25) is 4.79 Å². The first kappa shape index (κ1) is 19.0. The van der Waals surface area contributed by atoms with Gasteiger partial charge in [-0.05, 0) is 55.1 Å². The number of carbonyl (C=O) groups excluding carboxylic acids is 1. The lowest BCUT2D eigenvalue weighted by Crippen LogP contribution is -2.34. The molecule has 0 radical (unpaired) electrons. The van der Waals surface area contributed by atoms with Crippen LogP contribution in [0.4, 0.5) is 11.4 Å². The van der Waals surface area contributed by atoms with E-state index in [0.717, 1.165) is 30.4 Å². The van der Waals surface area contributed by atoms with Crippen LogP contribution in [0, 0.1) is 11.8 Å². The lowest BCUT2D eigenvalue weighted by atomic mass is 9.99.